The fourth-order valence-corrected chi connectivity index (χ4v) is 3.21. The lowest BCUT2D eigenvalue weighted by atomic mass is 10.2. The molecule has 0 aliphatic heterocycles. The first-order valence-electron chi connectivity index (χ1n) is 9.19. The monoisotopic (exact) mass is 418 g/mol. The van der Waals surface area contributed by atoms with Crippen molar-refractivity contribution in [1.29, 1.82) is 0 Å². The lowest BCUT2D eigenvalue weighted by Crippen LogP contribution is -2.25. The molecule has 0 spiro atoms. The number of H-pyrrole nitrogens is 1. The Morgan fingerprint density at radius 2 is 1.73 bits per heavy atom. The lowest BCUT2D eigenvalue weighted by Gasteiger charge is -2.10. The molecule has 2 amide bonds. The van der Waals surface area contributed by atoms with E-state index in [9.17, 15) is 9.59 Å². The number of imidazole rings is 1. The number of carbonyl (C=O) groups is 2. The lowest BCUT2D eigenvalue weighted by molar-refractivity contribution is 0.0943. The van der Waals surface area contributed by atoms with Gasteiger partial charge in [-0.25, -0.2) is 0 Å². The van der Waals surface area contributed by atoms with Crippen molar-refractivity contribution in [3.63, 3.8) is 0 Å². The standard InChI is InChI=1S/C22H18N4O3S/c27-20(18-14-24-22(30)26(18)17-5-2-1-3-6-17)23-13-15-8-10-16(11-9-15)25-21(28)19-7-4-12-29-19/h1-12,14H,13H2,(H,23,27)(H,24,30)(H,25,28). The quantitative estimate of drug-likeness (QED) is 0.407. The third kappa shape index (κ3) is 4.23. The van der Waals surface area contributed by atoms with Gasteiger partial charge in [0.05, 0.1) is 6.26 Å². The minimum absolute atomic E-state index is 0.241. The first kappa shape index (κ1) is 19.4. The maximum absolute atomic E-state index is 12.7. The highest BCUT2D eigenvalue weighted by molar-refractivity contribution is 7.71. The van der Waals surface area contributed by atoms with Gasteiger partial charge in [0.2, 0.25) is 0 Å². The average Bonchev–Trinajstić information content (AvgIpc) is 3.44. The van der Waals surface area contributed by atoms with Crippen molar-refractivity contribution in [2.75, 3.05) is 5.32 Å². The molecule has 7 nitrogen and oxygen atoms in total. The van der Waals surface area contributed by atoms with Crippen LogP contribution >= 0.6 is 12.2 Å². The van der Waals surface area contributed by atoms with Crippen LogP contribution in [0.25, 0.3) is 5.69 Å². The number of nitrogens with zero attached hydrogens (tertiary/aromatic N) is 1. The molecule has 4 rings (SSSR count). The number of amides is 2. The fourth-order valence-electron chi connectivity index (χ4n) is 2.95. The Bertz CT molecular complexity index is 1210. The molecule has 0 saturated heterocycles. The average molecular weight is 418 g/mol. The predicted octanol–water partition coefficient (Wildman–Crippen LogP) is 4.31. The van der Waals surface area contributed by atoms with E-state index in [1.807, 2.05) is 42.5 Å². The third-order valence-corrected chi connectivity index (χ3v) is 4.73. The summed E-state index contributed by atoms with van der Waals surface area (Å²) in [6.07, 6.45) is 3.04. The summed E-state index contributed by atoms with van der Waals surface area (Å²) in [6.45, 7) is 0.331. The van der Waals surface area contributed by atoms with Gasteiger partial charge >= 0.3 is 0 Å². The molecular formula is C22H18N4O3S. The Labute approximate surface area is 177 Å². The Kier molecular flexibility index (Phi) is 5.58. The number of hydrogen-bond donors (Lipinski definition) is 3. The first-order valence-corrected chi connectivity index (χ1v) is 9.60. The molecule has 0 unspecified atom stereocenters. The Morgan fingerprint density at radius 3 is 2.43 bits per heavy atom. The predicted molar refractivity (Wildman–Crippen MR) is 115 cm³/mol. The highest BCUT2D eigenvalue weighted by Gasteiger charge is 2.14. The summed E-state index contributed by atoms with van der Waals surface area (Å²) in [5.41, 5.74) is 2.76. The minimum Gasteiger partial charge on any atom is -0.459 e. The molecular weight excluding hydrogens is 400 g/mol. The van der Waals surface area contributed by atoms with E-state index in [1.165, 1.54) is 6.26 Å². The van der Waals surface area contributed by atoms with Crippen LogP contribution in [0.15, 0.2) is 83.6 Å². The molecule has 0 bridgehead atoms. The van der Waals surface area contributed by atoms with E-state index in [1.54, 1.807) is 35.0 Å². The third-order valence-electron chi connectivity index (χ3n) is 4.43. The van der Waals surface area contributed by atoms with Crippen LogP contribution in [0.1, 0.15) is 26.6 Å². The molecule has 2 heterocycles. The summed E-state index contributed by atoms with van der Waals surface area (Å²) in [5.74, 6) is -0.328. The van der Waals surface area contributed by atoms with Gasteiger partial charge in [0.25, 0.3) is 11.8 Å². The Hall–Kier alpha value is -3.91. The summed E-state index contributed by atoms with van der Waals surface area (Å²) in [4.78, 5) is 27.6. The van der Waals surface area contributed by atoms with Gasteiger partial charge < -0.3 is 20.0 Å². The Balaban J connectivity index is 1.40. The molecule has 3 N–H and O–H groups in total. The van der Waals surface area contributed by atoms with Gasteiger partial charge in [-0.3, -0.25) is 14.2 Å². The summed E-state index contributed by atoms with van der Waals surface area (Å²) in [5, 5.41) is 5.64. The SMILES string of the molecule is O=C(Nc1ccc(CNC(=O)c2c[nH]c(=S)n2-c2ccccc2)cc1)c1ccco1. The van der Waals surface area contributed by atoms with E-state index in [4.69, 9.17) is 16.6 Å². The second-order valence-corrected chi connectivity index (χ2v) is 6.85. The number of hydrogen-bond acceptors (Lipinski definition) is 4. The van der Waals surface area contributed by atoms with Gasteiger partial charge in [0, 0.05) is 24.1 Å². The molecule has 0 radical (unpaired) electrons. The zero-order chi connectivity index (χ0) is 20.9. The maximum atomic E-state index is 12.7. The van der Waals surface area contributed by atoms with Crippen molar-refractivity contribution >= 4 is 29.7 Å². The molecule has 0 aliphatic rings. The van der Waals surface area contributed by atoms with Crippen LogP contribution in [0, 0.1) is 4.77 Å². The number of aromatic amines is 1. The van der Waals surface area contributed by atoms with Gasteiger partial charge in [-0.2, -0.15) is 0 Å². The van der Waals surface area contributed by atoms with E-state index < -0.39 is 0 Å². The van der Waals surface area contributed by atoms with Crippen LogP contribution in [0.3, 0.4) is 0 Å². The van der Waals surface area contributed by atoms with Gasteiger partial charge in [0.15, 0.2) is 10.5 Å². The van der Waals surface area contributed by atoms with Crippen LogP contribution in [0.4, 0.5) is 5.69 Å². The van der Waals surface area contributed by atoms with Crippen molar-refractivity contribution in [3.8, 4) is 5.69 Å². The fraction of sp³-hybridized carbons (Fsp3) is 0.0455. The highest BCUT2D eigenvalue weighted by atomic mass is 32.1. The number of rotatable bonds is 6. The van der Waals surface area contributed by atoms with Crippen LogP contribution in [-0.2, 0) is 6.54 Å². The number of carbonyl (C=O) groups excluding carboxylic acids is 2. The first-order chi connectivity index (χ1) is 14.6. The molecule has 30 heavy (non-hydrogen) atoms. The molecule has 2 aromatic heterocycles. The van der Waals surface area contributed by atoms with Crippen LogP contribution in [0.2, 0.25) is 0 Å². The molecule has 4 aromatic rings. The van der Waals surface area contributed by atoms with Crippen molar-refractivity contribution in [2.24, 2.45) is 0 Å². The Morgan fingerprint density at radius 1 is 0.967 bits per heavy atom. The number of nitrogens with one attached hydrogen (secondary N) is 3. The van der Waals surface area contributed by atoms with Crippen molar-refractivity contribution in [2.45, 2.75) is 6.54 Å². The molecule has 0 fully saturated rings. The largest absolute Gasteiger partial charge is 0.459 e. The van der Waals surface area contributed by atoms with E-state index >= 15 is 0 Å². The van der Waals surface area contributed by atoms with Gasteiger partial charge in [-0.15, -0.1) is 0 Å². The van der Waals surface area contributed by atoms with Crippen molar-refractivity contribution in [1.82, 2.24) is 14.9 Å². The number of furan rings is 1. The zero-order valence-electron chi connectivity index (χ0n) is 15.8. The topological polar surface area (TPSA) is 92.1 Å². The smallest absolute Gasteiger partial charge is 0.291 e. The molecule has 0 aliphatic carbocycles. The second-order valence-electron chi connectivity index (χ2n) is 6.46. The van der Waals surface area contributed by atoms with Crippen molar-refractivity contribution < 1.29 is 14.0 Å². The number of benzene rings is 2. The normalized spacial score (nSPS) is 10.5. The number of aromatic nitrogens is 2. The highest BCUT2D eigenvalue weighted by Crippen LogP contribution is 2.14. The van der Waals surface area contributed by atoms with Gasteiger partial charge in [-0.1, -0.05) is 30.3 Å². The van der Waals surface area contributed by atoms with Gasteiger partial charge in [0.1, 0.15) is 5.69 Å². The van der Waals surface area contributed by atoms with Gasteiger partial charge in [-0.05, 0) is 54.2 Å². The zero-order valence-corrected chi connectivity index (χ0v) is 16.6. The molecule has 2 aromatic carbocycles. The van der Waals surface area contributed by atoms with E-state index in [0.717, 1.165) is 11.3 Å². The molecule has 0 saturated carbocycles. The number of anilines is 1. The maximum Gasteiger partial charge on any atom is 0.291 e. The molecule has 8 heteroatoms. The second kappa shape index (κ2) is 8.62. The van der Waals surface area contributed by atoms with E-state index in [-0.39, 0.29) is 17.6 Å². The van der Waals surface area contributed by atoms with Crippen LogP contribution in [-0.4, -0.2) is 21.4 Å². The van der Waals surface area contributed by atoms with Crippen LogP contribution < -0.4 is 10.6 Å². The number of para-hydroxylation sites is 1. The summed E-state index contributed by atoms with van der Waals surface area (Å²) in [6, 6.07) is 19.9. The summed E-state index contributed by atoms with van der Waals surface area (Å²) >= 11 is 5.32. The summed E-state index contributed by atoms with van der Waals surface area (Å²) in [7, 11) is 0. The minimum atomic E-state index is -0.321. The van der Waals surface area contributed by atoms with Crippen molar-refractivity contribution in [3.05, 3.63) is 101 Å². The van der Waals surface area contributed by atoms with E-state index in [0.29, 0.717) is 22.7 Å². The van der Waals surface area contributed by atoms with Crippen LogP contribution in [0.5, 0.6) is 0 Å². The molecule has 150 valence electrons. The van der Waals surface area contributed by atoms with E-state index in [2.05, 4.69) is 15.6 Å². The molecule has 0 atom stereocenters. The summed E-state index contributed by atoms with van der Waals surface area (Å²) < 4.78 is 7.21.